The van der Waals surface area contributed by atoms with Crippen LogP contribution in [0.3, 0.4) is 0 Å². The van der Waals surface area contributed by atoms with E-state index in [-0.39, 0.29) is 0 Å². The third-order valence-electron chi connectivity index (χ3n) is 1.82. The first kappa shape index (κ1) is 7.77. The van der Waals surface area contributed by atoms with Crippen molar-refractivity contribution >= 4 is 27.3 Å². The Morgan fingerprint density at radius 2 is 2.45 bits per heavy atom. The average molecular weight is 232 g/mol. The summed E-state index contributed by atoms with van der Waals surface area (Å²) in [6, 6.07) is 2.91. The molecule has 1 aliphatic rings. The molecule has 0 unspecified atom stereocenters. The van der Waals surface area contributed by atoms with Crippen LogP contribution in [-0.4, -0.2) is 6.04 Å². The second-order valence-corrected chi connectivity index (χ2v) is 4.70. The van der Waals surface area contributed by atoms with Crippen molar-refractivity contribution in [2.45, 2.75) is 25.4 Å². The molecule has 0 radical (unpaired) electrons. The quantitative estimate of drug-likeness (QED) is 0.844. The van der Waals surface area contributed by atoms with Crippen LogP contribution in [0, 0.1) is 0 Å². The molecular formula is C8H10BrNS. The summed E-state index contributed by atoms with van der Waals surface area (Å²) < 4.78 is 1.25. The van der Waals surface area contributed by atoms with E-state index in [1.807, 2.05) is 11.3 Å². The summed E-state index contributed by atoms with van der Waals surface area (Å²) in [5.41, 5.74) is 0. The van der Waals surface area contributed by atoms with Crippen molar-refractivity contribution in [2.75, 3.05) is 0 Å². The number of hydrogen-bond donors (Lipinski definition) is 1. The predicted molar refractivity (Wildman–Crippen MR) is 51.9 cm³/mol. The van der Waals surface area contributed by atoms with Crippen molar-refractivity contribution in [1.29, 1.82) is 0 Å². The topological polar surface area (TPSA) is 12.0 Å². The molecule has 0 atom stereocenters. The van der Waals surface area contributed by atoms with Gasteiger partial charge >= 0.3 is 0 Å². The minimum absolute atomic E-state index is 0.809. The molecule has 1 saturated carbocycles. The Hall–Kier alpha value is 0.140. The highest BCUT2D eigenvalue weighted by molar-refractivity contribution is 9.10. The molecule has 0 amide bonds. The molecule has 1 N–H and O–H groups in total. The van der Waals surface area contributed by atoms with Crippen molar-refractivity contribution < 1.29 is 0 Å². The molecule has 3 heteroatoms. The Kier molecular flexibility index (Phi) is 2.30. The van der Waals surface area contributed by atoms with E-state index in [1.54, 1.807) is 0 Å². The molecule has 0 aromatic carbocycles. The average Bonchev–Trinajstić information content (AvgIpc) is 2.73. The van der Waals surface area contributed by atoms with Crippen molar-refractivity contribution in [3.63, 3.8) is 0 Å². The van der Waals surface area contributed by atoms with Crippen LogP contribution >= 0.6 is 27.3 Å². The molecule has 60 valence electrons. The second kappa shape index (κ2) is 3.25. The lowest BCUT2D eigenvalue weighted by Crippen LogP contribution is -2.14. The van der Waals surface area contributed by atoms with Gasteiger partial charge in [0.2, 0.25) is 0 Å². The highest BCUT2D eigenvalue weighted by Crippen LogP contribution is 2.24. The van der Waals surface area contributed by atoms with Gasteiger partial charge in [0.15, 0.2) is 0 Å². The Labute approximate surface area is 78.9 Å². The van der Waals surface area contributed by atoms with Crippen LogP contribution in [0.1, 0.15) is 17.7 Å². The standard InChI is InChI=1S/C8H10BrNS/c9-7-3-4-11-8(7)5-10-6-1-2-6/h3-4,6,10H,1-2,5H2. The van der Waals surface area contributed by atoms with Crippen molar-refractivity contribution in [2.24, 2.45) is 0 Å². The van der Waals surface area contributed by atoms with Gasteiger partial charge in [-0.3, -0.25) is 0 Å². The van der Waals surface area contributed by atoms with E-state index in [9.17, 15) is 0 Å². The lowest BCUT2D eigenvalue weighted by Gasteiger charge is -1.99. The molecule has 1 fully saturated rings. The minimum Gasteiger partial charge on any atom is -0.309 e. The van der Waals surface area contributed by atoms with Gasteiger partial charge in [-0.05, 0) is 40.2 Å². The monoisotopic (exact) mass is 231 g/mol. The van der Waals surface area contributed by atoms with Crippen LogP contribution in [0.5, 0.6) is 0 Å². The number of rotatable bonds is 3. The van der Waals surface area contributed by atoms with Crippen LogP contribution in [0.25, 0.3) is 0 Å². The van der Waals surface area contributed by atoms with Gasteiger partial charge < -0.3 is 5.32 Å². The van der Waals surface area contributed by atoms with Crippen LogP contribution in [0.15, 0.2) is 15.9 Å². The molecule has 0 spiro atoms. The fourth-order valence-corrected chi connectivity index (χ4v) is 2.42. The Bertz CT molecular complexity index is 242. The smallest absolute Gasteiger partial charge is 0.0327 e. The van der Waals surface area contributed by atoms with E-state index < -0.39 is 0 Å². The maximum Gasteiger partial charge on any atom is 0.0327 e. The Morgan fingerprint density at radius 1 is 1.64 bits per heavy atom. The molecule has 1 nitrogen and oxygen atoms in total. The molecule has 1 aromatic rings. The maximum atomic E-state index is 3.51. The van der Waals surface area contributed by atoms with Crippen LogP contribution in [0.2, 0.25) is 0 Å². The number of nitrogens with one attached hydrogen (secondary N) is 1. The normalized spacial score (nSPS) is 17.2. The molecule has 2 rings (SSSR count). The van der Waals surface area contributed by atoms with Gasteiger partial charge in [-0.25, -0.2) is 0 Å². The third-order valence-corrected chi connectivity index (χ3v) is 3.75. The molecule has 1 heterocycles. The van der Waals surface area contributed by atoms with E-state index >= 15 is 0 Å². The summed E-state index contributed by atoms with van der Waals surface area (Å²) >= 11 is 5.32. The summed E-state index contributed by atoms with van der Waals surface area (Å²) in [6.07, 6.45) is 2.73. The predicted octanol–water partition coefficient (Wildman–Crippen LogP) is 2.76. The maximum absolute atomic E-state index is 3.51. The minimum atomic E-state index is 0.809. The number of halogens is 1. The van der Waals surface area contributed by atoms with Gasteiger partial charge in [0.25, 0.3) is 0 Å². The lowest BCUT2D eigenvalue weighted by molar-refractivity contribution is 0.694. The zero-order valence-corrected chi connectivity index (χ0v) is 8.54. The largest absolute Gasteiger partial charge is 0.309 e. The zero-order valence-electron chi connectivity index (χ0n) is 6.14. The van der Waals surface area contributed by atoms with E-state index in [4.69, 9.17) is 0 Å². The molecule has 11 heavy (non-hydrogen) atoms. The third kappa shape index (κ3) is 2.04. The van der Waals surface area contributed by atoms with E-state index in [0.29, 0.717) is 0 Å². The number of hydrogen-bond acceptors (Lipinski definition) is 2. The molecule has 0 saturated heterocycles. The molecule has 0 bridgehead atoms. The summed E-state index contributed by atoms with van der Waals surface area (Å²) in [7, 11) is 0. The molecule has 1 aromatic heterocycles. The van der Waals surface area contributed by atoms with E-state index in [1.165, 1.54) is 22.2 Å². The van der Waals surface area contributed by atoms with E-state index in [2.05, 4.69) is 32.7 Å². The van der Waals surface area contributed by atoms with Crippen LogP contribution in [-0.2, 0) is 6.54 Å². The highest BCUT2D eigenvalue weighted by atomic mass is 79.9. The van der Waals surface area contributed by atoms with Gasteiger partial charge in [0.05, 0.1) is 0 Å². The fraction of sp³-hybridized carbons (Fsp3) is 0.500. The van der Waals surface area contributed by atoms with Crippen molar-refractivity contribution in [3.8, 4) is 0 Å². The zero-order chi connectivity index (χ0) is 7.68. The summed E-state index contributed by atoms with van der Waals surface area (Å²) in [6.45, 7) is 1.03. The van der Waals surface area contributed by atoms with Gasteiger partial charge in [-0.15, -0.1) is 11.3 Å². The number of thiophene rings is 1. The van der Waals surface area contributed by atoms with Gasteiger partial charge in [0, 0.05) is 21.9 Å². The molecular weight excluding hydrogens is 222 g/mol. The Balaban J connectivity index is 1.89. The van der Waals surface area contributed by atoms with Gasteiger partial charge in [-0.1, -0.05) is 0 Å². The van der Waals surface area contributed by atoms with Gasteiger partial charge in [-0.2, -0.15) is 0 Å². The van der Waals surface area contributed by atoms with E-state index in [0.717, 1.165) is 12.6 Å². The summed E-state index contributed by atoms with van der Waals surface area (Å²) in [5.74, 6) is 0. The summed E-state index contributed by atoms with van der Waals surface area (Å²) in [4.78, 5) is 1.41. The van der Waals surface area contributed by atoms with Crippen molar-refractivity contribution in [1.82, 2.24) is 5.32 Å². The SMILES string of the molecule is Brc1ccsc1CNC1CC1. The lowest BCUT2D eigenvalue weighted by atomic mass is 10.4. The van der Waals surface area contributed by atoms with Crippen molar-refractivity contribution in [3.05, 3.63) is 20.8 Å². The Morgan fingerprint density at radius 3 is 3.00 bits per heavy atom. The van der Waals surface area contributed by atoms with Gasteiger partial charge in [0.1, 0.15) is 0 Å². The molecule has 0 aliphatic heterocycles. The van der Waals surface area contributed by atoms with Crippen LogP contribution < -0.4 is 5.32 Å². The second-order valence-electron chi connectivity index (χ2n) is 2.85. The van der Waals surface area contributed by atoms with Crippen LogP contribution in [0.4, 0.5) is 0 Å². The molecule has 1 aliphatic carbocycles. The highest BCUT2D eigenvalue weighted by Gasteiger charge is 2.20. The first-order valence-corrected chi connectivity index (χ1v) is 5.49. The summed E-state index contributed by atoms with van der Waals surface area (Å²) in [5, 5.41) is 5.60. The fourth-order valence-electron chi connectivity index (χ4n) is 0.976. The first-order chi connectivity index (χ1) is 5.36. The first-order valence-electron chi connectivity index (χ1n) is 3.81.